The number of carbonyl (C=O) groups is 3. The molecule has 2 saturated heterocycles. The van der Waals surface area contributed by atoms with Gasteiger partial charge in [-0.15, -0.1) is 0 Å². The Morgan fingerprint density at radius 3 is 2.34 bits per heavy atom. The van der Waals surface area contributed by atoms with Crippen molar-refractivity contribution >= 4 is 34.9 Å². The second-order valence-corrected chi connectivity index (χ2v) is 13.3. The Balaban J connectivity index is 1.10. The van der Waals surface area contributed by atoms with Crippen LogP contribution in [0.4, 0.5) is 0 Å². The van der Waals surface area contributed by atoms with E-state index in [1.54, 1.807) is 10.5 Å². The lowest BCUT2D eigenvalue weighted by Gasteiger charge is -2.38. The van der Waals surface area contributed by atoms with Gasteiger partial charge in [0.05, 0.1) is 0 Å². The van der Waals surface area contributed by atoms with E-state index in [1.807, 2.05) is 30.3 Å². The van der Waals surface area contributed by atoms with Crippen molar-refractivity contribution in [2.45, 2.75) is 65.1 Å². The van der Waals surface area contributed by atoms with Crippen LogP contribution in [-0.2, 0) is 22.7 Å². The van der Waals surface area contributed by atoms with E-state index in [4.69, 9.17) is 11.6 Å². The Morgan fingerprint density at radius 1 is 0.927 bits per heavy atom. The molecule has 2 fully saturated rings. The number of nitrogens with zero attached hydrogens (tertiary/aromatic N) is 3. The summed E-state index contributed by atoms with van der Waals surface area (Å²) in [4.78, 5) is 44.2. The quantitative estimate of drug-likeness (QED) is 0.498. The van der Waals surface area contributed by atoms with Crippen LogP contribution in [0.2, 0.25) is 5.02 Å². The zero-order chi connectivity index (χ0) is 28.7. The highest BCUT2D eigenvalue weighted by molar-refractivity contribution is 6.30. The van der Waals surface area contributed by atoms with Crippen molar-refractivity contribution in [1.29, 1.82) is 0 Å². The molecular weight excluding hydrogens is 536 g/mol. The highest BCUT2D eigenvalue weighted by Crippen LogP contribution is 2.43. The average molecular weight is 575 g/mol. The van der Waals surface area contributed by atoms with Crippen LogP contribution in [0.5, 0.6) is 0 Å². The third-order valence-electron chi connectivity index (χ3n) is 9.29. The number of rotatable bonds is 6. The number of piperidine rings is 1. The first-order valence-corrected chi connectivity index (χ1v) is 15.2. The highest BCUT2D eigenvalue weighted by Gasteiger charge is 2.40. The molecular formula is C33H39ClN4O3. The molecule has 6 rings (SSSR count). The van der Waals surface area contributed by atoms with Crippen LogP contribution < -0.4 is 5.32 Å². The molecule has 3 amide bonds. The molecule has 0 spiro atoms. The third kappa shape index (κ3) is 5.99. The molecule has 0 radical (unpaired) electrons. The first kappa shape index (κ1) is 28.1. The van der Waals surface area contributed by atoms with Crippen LogP contribution in [-0.4, -0.2) is 71.2 Å². The summed E-state index contributed by atoms with van der Waals surface area (Å²) in [6, 6.07) is 13.8. The maximum Gasteiger partial charge on any atom is 0.255 e. The Labute approximate surface area is 247 Å². The number of hydrogen-bond acceptors (Lipinski definition) is 5. The molecule has 0 aromatic heterocycles. The average Bonchev–Trinajstić information content (AvgIpc) is 3.28. The van der Waals surface area contributed by atoms with E-state index in [2.05, 4.69) is 41.1 Å². The van der Waals surface area contributed by atoms with Crippen molar-refractivity contribution in [3.63, 3.8) is 0 Å². The maximum absolute atomic E-state index is 13.5. The number of nitrogens with one attached hydrogen (secondary N) is 1. The molecule has 1 unspecified atom stereocenters. The highest BCUT2D eigenvalue weighted by atomic mass is 35.5. The topological polar surface area (TPSA) is 73.0 Å². The Bertz CT molecular complexity index is 1390. The van der Waals surface area contributed by atoms with E-state index in [0.29, 0.717) is 18.4 Å². The molecule has 7 nitrogen and oxygen atoms in total. The predicted molar refractivity (Wildman–Crippen MR) is 160 cm³/mol. The lowest BCUT2D eigenvalue weighted by Crippen LogP contribution is -2.52. The van der Waals surface area contributed by atoms with E-state index < -0.39 is 6.04 Å². The molecule has 3 aliphatic heterocycles. The third-order valence-corrected chi connectivity index (χ3v) is 9.54. The first-order valence-electron chi connectivity index (χ1n) is 14.8. The second-order valence-electron chi connectivity index (χ2n) is 12.8. The van der Waals surface area contributed by atoms with Crippen LogP contribution >= 0.6 is 11.6 Å². The second kappa shape index (κ2) is 11.3. The summed E-state index contributed by atoms with van der Waals surface area (Å²) in [5, 5.41) is 3.17. The number of halogens is 1. The number of amides is 3. The molecule has 0 bridgehead atoms. The van der Waals surface area contributed by atoms with E-state index in [0.717, 1.165) is 73.8 Å². The van der Waals surface area contributed by atoms with Crippen molar-refractivity contribution in [3.05, 3.63) is 75.3 Å². The SMILES string of the molecule is CC1(C)CCC(CN2CCN(Cc3cccc4c3C(=O)N(C3CCC(=O)NC3=O)C4)CC2)=C(c2ccc(Cl)cc2)C1. The van der Waals surface area contributed by atoms with Gasteiger partial charge in [0.1, 0.15) is 6.04 Å². The molecule has 4 aliphatic rings. The zero-order valence-corrected chi connectivity index (χ0v) is 24.8. The number of imide groups is 1. The molecule has 8 heteroatoms. The summed E-state index contributed by atoms with van der Waals surface area (Å²) in [7, 11) is 0. The van der Waals surface area contributed by atoms with Crippen LogP contribution in [0.3, 0.4) is 0 Å². The fourth-order valence-electron chi connectivity index (χ4n) is 6.90. The first-order chi connectivity index (χ1) is 19.7. The van der Waals surface area contributed by atoms with E-state index >= 15 is 0 Å². The van der Waals surface area contributed by atoms with Gasteiger partial charge in [-0.2, -0.15) is 0 Å². The minimum Gasteiger partial charge on any atom is -0.322 e. The fraction of sp³-hybridized carbons (Fsp3) is 0.485. The number of allylic oxidation sites excluding steroid dienone is 1. The number of fused-ring (bicyclic) bond motifs is 1. The lowest BCUT2D eigenvalue weighted by atomic mass is 9.72. The van der Waals surface area contributed by atoms with Crippen molar-refractivity contribution in [1.82, 2.24) is 20.0 Å². The molecule has 1 N–H and O–H groups in total. The van der Waals surface area contributed by atoms with Crippen LogP contribution in [0.15, 0.2) is 48.0 Å². The molecule has 1 aliphatic carbocycles. The number of hydrogen-bond donors (Lipinski definition) is 1. The van der Waals surface area contributed by atoms with Gasteiger partial charge in [-0.05, 0) is 65.5 Å². The molecule has 216 valence electrons. The predicted octanol–water partition coefficient (Wildman–Crippen LogP) is 4.88. The number of carbonyl (C=O) groups excluding carboxylic acids is 3. The molecule has 1 atom stereocenters. The minimum atomic E-state index is -0.582. The van der Waals surface area contributed by atoms with Gasteiger partial charge in [0.2, 0.25) is 11.8 Å². The molecule has 2 aromatic carbocycles. The van der Waals surface area contributed by atoms with Crippen LogP contribution in [0.25, 0.3) is 5.57 Å². The number of benzene rings is 2. The summed E-state index contributed by atoms with van der Waals surface area (Å²) in [6.45, 7) is 10.8. The van der Waals surface area contributed by atoms with Crippen molar-refractivity contribution in [2.24, 2.45) is 5.41 Å². The van der Waals surface area contributed by atoms with E-state index in [9.17, 15) is 14.4 Å². The van der Waals surface area contributed by atoms with Crippen LogP contribution in [0, 0.1) is 5.41 Å². The Kier molecular flexibility index (Phi) is 7.79. The van der Waals surface area contributed by atoms with Gasteiger partial charge in [-0.25, -0.2) is 0 Å². The molecule has 2 aromatic rings. The maximum atomic E-state index is 13.5. The summed E-state index contributed by atoms with van der Waals surface area (Å²) >= 11 is 6.19. The van der Waals surface area contributed by atoms with Gasteiger partial charge >= 0.3 is 0 Å². The molecule has 0 saturated carbocycles. The molecule has 3 heterocycles. The normalized spacial score (nSPS) is 23.6. The fourth-order valence-corrected chi connectivity index (χ4v) is 7.03. The smallest absolute Gasteiger partial charge is 0.255 e. The lowest BCUT2D eigenvalue weighted by molar-refractivity contribution is -0.136. The summed E-state index contributed by atoms with van der Waals surface area (Å²) in [6.07, 6.45) is 4.08. The minimum absolute atomic E-state index is 0.0920. The van der Waals surface area contributed by atoms with E-state index in [1.165, 1.54) is 17.6 Å². The van der Waals surface area contributed by atoms with Crippen molar-refractivity contribution < 1.29 is 14.4 Å². The summed E-state index contributed by atoms with van der Waals surface area (Å²) in [5.41, 5.74) is 7.38. The van der Waals surface area contributed by atoms with Crippen LogP contribution in [0.1, 0.15) is 73.0 Å². The Morgan fingerprint density at radius 2 is 1.63 bits per heavy atom. The monoisotopic (exact) mass is 574 g/mol. The van der Waals surface area contributed by atoms with Gasteiger partial charge < -0.3 is 4.90 Å². The van der Waals surface area contributed by atoms with Gasteiger partial charge in [0.25, 0.3) is 5.91 Å². The van der Waals surface area contributed by atoms with Gasteiger partial charge in [0, 0.05) is 62.8 Å². The summed E-state index contributed by atoms with van der Waals surface area (Å²) < 4.78 is 0. The standard InChI is InChI=1S/C33H39ClN4O3/c1-33(2)13-12-23(27(18-33)22-6-8-26(34)9-7-22)19-36-14-16-37(17-15-36)20-24-4-3-5-25-21-38(32(41)30(24)25)28-10-11-29(39)35-31(28)40/h3-9,28H,10-21H2,1-2H3,(H,35,39,40). The number of piperazine rings is 1. The van der Waals surface area contributed by atoms with Crippen molar-refractivity contribution in [2.75, 3.05) is 32.7 Å². The largest absolute Gasteiger partial charge is 0.322 e. The Hall–Kier alpha value is -3.00. The van der Waals surface area contributed by atoms with Crippen molar-refractivity contribution in [3.8, 4) is 0 Å². The van der Waals surface area contributed by atoms with Gasteiger partial charge in [-0.3, -0.25) is 29.5 Å². The molecule has 41 heavy (non-hydrogen) atoms. The van der Waals surface area contributed by atoms with E-state index in [-0.39, 0.29) is 24.1 Å². The van der Waals surface area contributed by atoms with Gasteiger partial charge in [0.15, 0.2) is 0 Å². The summed E-state index contributed by atoms with van der Waals surface area (Å²) in [5.74, 6) is -0.721. The van der Waals surface area contributed by atoms with Gasteiger partial charge in [-0.1, -0.05) is 61.4 Å². The zero-order valence-electron chi connectivity index (χ0n) is 24.0.